The van der Waals surface area contributed by atoms with Crippen molar-refractivity contribution in [2.45, 2.75) is 72.3 Å². The third-order valence-electron chi connectivity index (χ3n) is 8.35. The first-order valence-corrected chi connectivity index (χ1v) is 13.2. The van der Waals surface area contributed by atoms with Gasteiger partial charge in [-0.05, 0) is 80.5 Å². The monoisotopic (exact) mass is 475 g/mol. The Morgan fingerprint density at radius 1 is 1.21 bits per heavy atom. The molecule has 1 N–H and O–H groups in total. The molecule has 178 valence electrons. The van der Waals surface area contributed by atoms with E-state index in [1.807, 2.05) is 15.9 Å². The van der Waals surface area contributed by atoms with Gasteiger partial charge in [0.25, 0.3) is 0 Å². The summed E-state index contributed by atoms with van der Waals surface area (Å²) in [7, 11) is 0. The number of aromatic amines is 1. The molecule has 0 spiro atoms. The molecule has 1 unspecified atom stereocenters. The zero-order chi connectivity index (χ0) is 23.9. The average molecular weight is 476 g/mol. The van der Waals surface area contributed by atoms with Crippen molar-refractivity contribution in [3.8, 4) is 11.3 Å². The van der Waals surface area contributed by atoms with Crippen molar-refractivity contribution in [2.75, 3.05) is 13.1 Å². The van der Waals surface area contributed by atoms with E-state index in [-0.39, 0.29) is 5.78 Å². The summed E-state index contributed by atoms with van der Waals surface area (Å²) in [6, 6.07) is 0.568. The highest BCUT2D eigenvalue weighted by molar-refractivity contribution is 7.19. The molecule has 2 fully saturated rings. The number of carbonyl (C=O) groups is 1. The molecule has 0 radical (unpaired) electrons. The molecule has 3 atom stereocenters. The van der Waals surface area contributed by atoms with Crippen LogP contribution < -0.4 is 0 Å². The number of hydrogen-bond acceptors (Lipinski definition) is 5. The molecule has 1 saturated carbocycles. The molecule has 2 bridgehead atoms. The number of piperidine rings is 1. The third kappa shape index (κ3) is 3.13. The summed E-state index contributed by atoms with van der Waals surface area (Å²) < 4.78 is 1.90. The van der Waals surface area contributed by atoms with E-state index in [9.17, 15) is 4.79 Å². The van der Waals surface area contributed by atoms with Crippen LogP contribution in [-0.2, 0) is 4.79 Å². The maximum absolute atomic E-state index is 11.7. The SMILES string of the molecule is CC(=O)CN1C[C@H]2CC1C[C@@H]2c1sc2[nH]c(-c3cn4ncnc4c(C)c3C)c(C(C)C)c2c1C. The lowest BCUT2D eigenvalue weighted by atomic mass is 9.88. The predicted octanol–water partition coefficient (Wildman–Crippen LogP) is 5.75. The van der Waals surface area contributed by atoms with Crippen molar-refractivity contribution in [3.63, 3.8) is 0 Å². The number of nitrogens with zero attached hydrogens (tertiary/aromatic N) is 4. The van der Waals surface area contributed by atoms with Crippen molar-refractivity contribution in [1.82, 2.24) is 24.5 Å². The van der Waals surface area contributed by atoms with Crippen molar-refractivity contribution < 1.29 is 4.79 Å². The summed E-state index contributed by atoms with van der Waals surface area (Å²) in [6.07, 6.45) is 6.18. The topological polar surface area (TPSA) is 66.3 Å². The van der Waals surface area contributed by atoms with Crippen LogP contribution in [0.5, 0.6) is 0 Å². The zero-order valence-electron chi connectivity index (χ0n) is 20.9. The van der Waals surface area contributed by atoms with E-state index < -0.39 is 0 Å². The molecule has 2 aliphatic rings. The van der Waals surface area contributed by atoms with Crippen molar-refractivity contribution in [3.05, 3.63) is 39.7 Å². The number of Topliss-reactive ketones (excluding diaryl/α,β-unsaturated/α-hetero) is 1. The molecule has 1 aliphatic carbocycles. The fraction of sp³-hybridized carbons (Fsp3) is 0.519. The van der Waals surface area contributed by atoms with Gasteiger partial charge in [0.05, 0.1) is 12.2 Å². The maximum atomic E-state index is 11.7. The van der Waals surface area contributed by atoms with Gasteiger partial charge in [0, 0.05) is 34.6 Å². The highest BCUT2D eigenvalue weighted by Crippen LogP contribution is 2.53. The Labute approximate surface area is 204 Å². The summed E-state index contributed by atoms with van der Waals surface area (Å²) in [6.45, 7) is 14.7. The number of aryl methyl sites for hydroxylation is 2. The Morgan fingerprint density at radius 2 is 2.00 bits per heavy atom. The number of pyridine rings is 1. The standard InChI is InChI=1S/C27H33N5OS/c1-13(2)22-23-17(6)25(20-8-19-7-18(20)10-31(19)9-14(3)33)34-27(23)30-24(22)21-11-32-26(28-12-29-32)16(5)15(21)4/h11-13,18-20,30H,7-10H2,1-6H3/t18-,19?,20+/m1/s1. The number of H-pyrrole nitrogens is 1. The summed E-state index contributed by atoms with van der Waals surface area (Å²) in [5.41, 5.74) is 8.67. The first-order valence-electron chi connectivity index (χ1n) is 12.4. The second-order valence-electron chi connectivity index (χ2n) is 10.8. The average Bonchev–Trinajstić information content (AvgIpc) is 3.57. The fourth-order valence-corrected chi connectivity index (χ4v) is 8.13. The zero-order valence-corrected chi connectivity index (χ0v) is 21.7. The maximum Gasteiger partial charge on any atom is 0.158 e. The summed E-state index contributed by atoms with van der Waals surface area (Å²) in [5, 5.41) is 5.84. The number of rotatable bonds is 5. The largest absolute Gasteiger partial charge is 0.346 e. The Kier molecular flexibility index (Phi) is 5.01. The summed E-state index contributed by atoms with van der Waals surface area (Å²) in [4.78, 5) is 25.2. The second kappa shape index (κ2) is 7.75. The van der Waals surface area contributed by atoms with Gasteiger partial charge < -0.3 is 4.98 Å². The fourth-order valence-electron chi connectivity index (χ4n) is 6.69. The van der Waals surface area contributed by atoms with Crippen LogP contribution in [0, 0.1) is 26.7 Å². The van der Waals surface area contributed by atoms with Crippen molar-refractivity contribution in [1.29, 1.82) is 0 Å². The van der Waals surface area contributed by atoms with Gasteiger partial charge in [-0.15, -0.1) is 11.3 Å². The van der Waals surface area contributed by atoms with Gasteiger partial charge in [-0.2, -0.15) is 5.10 Å². The lowest BCUT2D eigenvalue weighted by Crippen LogP contribution is -2.37. The molecular weight excluding hydrogens is 442 g/mol. The van der Waals surface area contributed by atoms with Crippen LogP contribution in [0.3, 0.4) is 0 Å². The number of likely N-dealkylation sites (tertiary alicyclic amines) is 1. The number of carbonyl (C=O) groups excluding carboxylic acids is 1. The van der Waals surface area contributed by atoms with Gasteiger partial charge in [-0.3, -0.25) is 9.69 Å². The van der Waals surface area contributed by atoms with Gasteiger partial charge in [0.2, 0.25) is 0 Å². The number of aromatic nitrogens is 4. The minimum absolute atomic E-state index is 0.286. The first-order chi connectivity index (χ1) is 16.2. The van der Waals surface area contributed by atoms with E-state index >= 15 is 0 Å². The highest BCUT2D eigenvalue weighted by atomic mass is 32.1. The Morgan fingerprint density at radius 3 is 2.68 bits per heavy atom. The number of fused-ring (bicyclic) bond motifs is 4. The van der Waals surface area contributed by atoms with Gasteiger partial charge in [0.15, 0.2) is 5.65 Å². The first kappa shape index (κ1) is 22.0. The molecule has 4 aromatic heterocycles. The molecule has 5 heterocycles. The van der Waals surface area contributed by atoms with Gasteiger partial charge in [-0.1, -0.05) is 13.8 Å². The third-order valence-corrected chi connectivity index (χ3v) is 9.69. The van der Waals surface area contributed by atoms with Gasteiger partial charge >= 0.3 is 0 Å². The molecule has 7 heteroatoms. The molecule has 34 heavy (non-hydrogen) atoms. The molecule has 6 nitrogen and oxygen atoms in total. The lowest BCUT2D eigenvalue weighted by molar-refractivity contribution is -0.118. The summed E-state index contributed by atoms with van der Waals surface area (Å²) in [5.74, 6) is 1.99. The predicted molar refractivity (Wildman–Crippen MR) is 138 cm³/mol. The van der Waals surface area contributed by atoms with Crippen LogP contribution in [0.1, 0.15) is 72.6 Å². The van der Waals surface area contributed by atoms with Crippen molar-refractivity contribution in [2.24, 2.45) is 5.92 Å². The van der Waals surface area contributed by atoms with Crippen LogP contribution in [0.4, 0.5) is 0 Å². The van der Waals surface area contributed by atoms with Gasteiger partial charge in [0.1, 0.15) is 16.9 Å². The molecule has 1 saturated heterocycles. The van der Waals surface area contributed by atoms with E-state index in [0.29, 0.717) is 30.3 Å². The molecule has 4 aromatic rings. The van der Waals surface area contributed by atoms with Gasteiger partial charge in [-0.25, -0.2) is 9.50 Å². The normalized spacial score (nSPS) is 22.7. The van der Waals surface area contributed by atoms with Crippen LogP contribution in [-0.4, -0.2) is 49.4 Å². The molecule has 0 aromatic carbocycles. The van der Waals surface area contributed by atoms with Crippen LogP contribution >= 0.6 is 11.3 Å². The smallest absolute Gasteiger partial charge is 0.158 e. The number of nitrogens with one attached hydrogen (secondary N) is 1. The van der Waals surface area contributed by atoms with E-state index in [1.54, 1.807) is 18.1 Å². The van der Waals surface area contributed by atoms with Crippen LogP contribution in [0.15, 0.2) is 12.5 Å². The van der Waals surface area contributed by atoms with E-state index in [0.717, 1.165) is 12.2 Å². The quantitative estimate of drug-likeness (QED) is 0.399. The minimum atomic E-state index is 0.286. The number of hydrogen-bond donors (Lipinski definition) is 1. The number of thiophene rings is 1. The number of ketones is 1. The molecule has 0 amide bonds. The second-order valence-corrected chi connectivity index (χ2v) is 11.9. The van der Waals surface area contributed by atoms with E-state index in [4.69, 9.17) is 0 Å². The Hall–Kier alpha value is -2.51. The minimum Gasteiger partial charge on any atom is -0.346 e. The van der Waals surface area contributed by atoms with E-state index in [2.05, 4.69) is 60.8 Å². The Bertz CT molecular complexity index is 1440. The molecule has 1 aliphatic heterocycles. The van der Waals surface area contributed by atoms with E-state index in [1.165, 1.54) is 56.6 Å². The highest BCUT2D eigenvalue weighted by Gasteiger charge is 2.46. The van der Waals surface area contributed by atoms with Crippen LogP contribution in [0.25, 0.3) is 27.1 Å². The van der Waals surface area contributed by atoms with Crippen molar-refractivity contribution >= 4 is 33.0 Å². The summed E-state index contributed by atoms with van der Waals surface area (Å²) >= 11 is 1.96. The molecule has 6 rings (SSSR count). The Balaban J connectivity index is 1.43. The molecular formula is C27H33N5OS. The lowest BCUT2D eigenvalue weighted by Gasteiger charge is -2.30. The van der Waals surface area contributed by atoms with Crippen LogP contribution in [0.2, 0.25) is 0 Å².